The van der Waals surface area contributed by atoms with Crippen molar-refractivity contribution in [3.8, 4) is 5.75 Å². The van der Waals surface area contributed by atoms with E-state index in [1.807, 2.05) is 6.92 Å². The molecule has 2 aromatic rings. The molecule has 0 heterocycles. The molecule has 0 radical (unpaired) electrons. The summed E-state index contributed by atoms with van der Waals surface area (Å²) in [5.41, 5.74) is 0.301. The molecule has 1 N–H and O–H groups in total. The van der Waals surface area contributed by atoms with Crippen LogP contribution in [0.4, 0.5) is 5.69 Å². The summed E-state index contributed by atoms with van der Waals surface area (Å²) in [6.07, 6.45) is 0.492. The van der Waals surface area contributed by atoms with E-state index in [0.717, 1.165) is 5.56 Å². The summed E-state index contributed by atoms with van der Waals surface area (Å²) in [7, 11) is -2.49. The van der Waals surface area contributed by atoms with Crippen LogP contribution in [-0.2, 0) is 10.0 Å². The van der Waals surface area contributed by atoms with Crippen LogP contribution in [0.25, 0.3) is 0 Å². The van der Waals surface area contributed by atoms with Gasteiger partial charge >= 0.3 is 0 Å². The average molecular weight is 350 g/mol. The minimum Gasteiger partial charge on any atom is -0.497 e. The predicted octanol–water partition coefficient (Wildman–Crippen LogP) is 3.03. The van der Waals surface area contributed by atoms with Gasteiger partial charge in [-0.15, -0.1) is 0 Å². The van der Waals surface area contributed by atoms with Gasteiger partial charge in [0.05, 0.1) is 12.0 Å². The number of para-hydroxylation sites is 1. The van der Waals surface area contributed by atoms with Crippen molar-refractivity contribution in [3.63, 3.8) is 0 Å². The fourth-order valence-electron chi connectivity index (χ4n) is 2.31. The Morgan fingerprint density at radius 1 is 1.17 bits per heavy atom. The van der Waals surface area contributed by atoms with Crippen molar-refractivity contribution in [2.75, 3.05) is 7.11 Å². The van der Waals surface area contributed by atoms with E-state index in [0.29, 0.717) is 12.2 Å². The molecule has 0 aliphatic heterocycles. The van der Waals surface area contributed by atoms with Gasteiger partial charge in [0, 0.05) is 12.1 Å². The van der Waals surface area contributed by atoms with Crippen molar-refractivity contribution in [3.05, 3.63) is 64.2 Å². The van der Waals surface area contributed by atoms with Gasteiger partial charge in [-0.25, -0.2) is 13.1 Å². The highest BCUT2D eigenvalue weighted by molar-refractivity contribution is 7.89. The van der Waals surface area contributed by atoms with E-state index in [2.05, 4.69) is 4.72 Å². The minimum absolute atomic E-state index is 0.345. The van der Waals surface area contributed by atoms with Gasteiger partial charge in [0.25, 0.3) is 5.69 Å². The monoisotopic (exact) mass is 350 g/mol. The number of hydrogen-bond donors (Lipinski definition) is 1. The van der Waals surface area contributed by atoms with Crippen LogP contribution in [0.2, 0.25) is 0 Å². The lowest BCUT2D eigenvalue weighted by Gasteiger charge is -2.18. The molecule has 7 nitrogen and oxygen atoms in total. The predicted molar refractivity (Wildman–Crippen MR) is 89.4 cm³/mol. The second-order valence-electron chi connectivity index (χ2n) is 5.08. The Bertz CT molecular complexity index is 819. The lowest BCUT2D eigenvalue weighted by Crippen LogP contribution is -2.28. The van der Waals surface area contributed by atoms with Crippen molar-refractivity contribution in [2.24, 2.45) is 0 Å². The van der Waals surface area contributed by atoms with Crippen LogP contribution in [0.5, 0.6) is 5.75 Å². The summed E-state index contributed by atoms with van der Waals surface area (Å²) in [4.78, 5) is 10.0. The van der Waals surface area contributed by atoms with Crippen LogP contribution >= 0.6 is 0 Å². The molecule has 0 saturated carbocycles. The third-order valence-electron chi connectivity index (χ3n) is 3.58. The third kappa shape index (κ3) is 3.90. The molecule has 0 aromatic heterocycles. The lowest BCUT2D eigenvalue weighted by molar-refractivity contribution is -0.387. The highest BCUT2D eigenvalue weighted by Gasteiger charge is 2.27. The quantitative estimate of drug-likeness (QED) is 0.611. The number of nitro benzene ring substituents is 1. The molecular weight excluding hydrogens is 332 g/mol. The zero-order chi connectivity index (χ0) is 17.7. The highest BCUT2D eigenvalue weighted by atomic mass is 32.2. The summed E-state index contributed by atoms with van der Waals surface area (Å²) >= 11 is 0. The SMILES string of the molecule is CC[C@@H](NS(=O)(=O)c1ccccc1[N+](=O)[O-])c1ccc(OC)cc1. The first-order valence-corrected chi connectivity index (χ1v) is 8.77. The Morgan fingerprint density at radius 3 is 2.33 bits per heavy atom. The van der Waals surface area contributed by atoms with Crippen molar-refractivity contribution >= 4 is 15.7 Å². The van der Waals surface area contributed by atoms with E-state index < -0.39 is 26.7 Å². The van der Waals surface area contributed by atoms with E-state index in [9.17, 15) is 18.5 Å². The second kappa shape index (κ2) is 7.41. The van der Waals surface area contributed by atoms with Crippen LogP contribution in [0.15, 0.2) is 53.4 Å². The largest absolute Gasteiger partial charge is 0.497 e. The molecule has 24 heavy (non-hydrogen) atoms. The first kappa shape index (κ1) is 17.9. The van der Waals surface area contributed by atoms with Crippen molar-refractivity contribution < 1.29 is 18.1 Å². The smallest absolute Gasteiger partial charge is 0.289 e. The summed E-state index contributed by atoms with van der Waals surface area (Å²) in [5.74, 6) is 0.662. The molecule has 0 spiro atoms. The molecule has 0 bridgehead atoms. The van der Waals surface area contributed by atoms with Crippen LogP contribution in [-0.4, -0.2) is 20.5 Å². The van der Waals surface area contributed by atoms with Gasteiger partial charge < -0.3 is 4.74 Å². The number of hydrogen-bond acceptors (Lipinski definition) is 5. The standard InChI is InChI=1S/C16H18N2O5S/c1-3-14(12-8-10-13(23-2)11-9-12)17-24(21,22)16-7-5-4-6-15(16)18(19)20/h4-11,14,17H,3H2,1-2H3/t14-/m1/s1. The number of rotatable bonds is 7. The molecule has 128 valence electrons. The normalized spacial score (nSPS) is 12.6. The van der Waals surface area contributed by atoms with Crippen LogP contribution in [0.1, 0.15) is 24.9 Å². The van der Waals surface area contributed by atoms with E-state index in [-0.39, 0.29) is 4.90 Å². The molecule has 2 rings (SSSR count). The molecule has 0 fully saturated rings. The zero-order valence-electron chi connectivity index (χ0n) is 13.3. The Morgan fingerprint density at radius 2 is 1.79 bits per heavy atom. The Hall–Kier alpha value is -2.45. The van der Waals surface area contributed by atoms with E-state index in [1.165, 1.54) is 24.3 Å². The van der Waals surface area contributed by atoms with Crippen LogP contribution < -0.4 is 9.46 Å². The zero-order valence-corrected chi connectivity index (χ0v) is 14.1. The van der Waals surface area contributed by atoms with Crippen LogP contribution in [0.3, 0.4) is 0 Å². The number of methoxy groups -OCH3 is 1. The number of nitro groups is 1. The number of benzene rings is 2. The lowest BCUT2D eigenvalue weighted by atomic mass is 10.1. The fourth-order valence-corrected chi connectivity index (χ4v) is 3.79. The fraction of sp³-hybridized carbons (Fsp3) is 0.250. The third-order valence-corrected chi connectivity index (χ3v) is 5.09. The molecule has 8 heteroatoms. The van der Waals surface area contributed by atoms with Gasteiger partial charge in [-0.3, -0.25) is 10.1 Å². The van der Waals surface area contributed by atoms with Gasteiger partial charge in [-0.05, 0) is 30.2 Å². The maximum Gasteiger partial charge on any atom is 0.289 e. The van der Waals surface area contributed by atoms with E-state index in [1.54, 1.807) is 31.4 Å². The van der Waals surface area contributed by atoms with Crippen LogP contribution in [0, 0.1) is 10.1 Å². The van der Waals surface area contributed by atoms with Gasteiger partial charge in [-0.1, -0.05) is 31.2 Å². The van der Waals surface area contributed by atoms with Crippen molar-refractivity contribution in [2.45, 2.75) is 24.3 Å². The molecule has 0 aliphatic rings. The summed E-state index contributed by atoms with van der Waals surface area (Å²) in [6.45, 7) is 1.83. The van der Waals surface area contributed by atoms with E-state index in [4.69, 9.17) is 4.74 Å². The molecule has 0 unspecified atom stereocenters. The van der Waals surface area contributed by atoms with Crippen molar-refractivity contribution in [1.82, 2.24) is 4.72 Å². The Labute approximate surface area is 140 Å². The first-order chi connectivity index (χ1) is 11.4. The van der Waals surface area contributed by atoms with Gasteiger partial charge in [-0.2, -0.15) is 0 Å². The number of sulfonamides is 1. The highest BCUT2D eigenvalue weighted by Crippen LogP contribution is 2.26. The molecule has 2 aromatic carbocycles. The minimum atomic E-state index is -4.03. The molecule has 0 aliphatic carbocycles. The van der Waals surface area contributed by atoms with Gasteiger partial charge in [0.2, 0.25) is 10.0 Å². The maximum atomic E-state index is 12.6. The number of nitrogens with zero attached hydrogens (tertiary/aromatic N) is 1. The topological polar surface area (TPSA) is 98.5 Å². The molecular formula is C16H18N2O5S. The van der Waals surface area contributed by atoms with E-state index >= 15 is 0 Å². The summed E-state index contributed by atoms with van der Waals surface area (Å²) in [5, 5.41) is 11.1. The Kier molecular flexibility index (Phi) is 5.53. The average Bonchev–Trinajstić information content (AvgIpc) is 2.59. The first-order valence-electron chi connectivity index (χ1n) is 7.28. The number of nitrogens with one attached hydrogen (secondary N) is 1. The second-order valence-corrected chi connectivity index (χ2v) is 6.76. The van der Waals surface area contributed by atoms with Gasteiger partial charge in [0.1, 0.15) is 5.75 Å². The molecule has 0 amide bonds. The number of ether oxygens (including phenoxy) is 1. The maximum absolute atomic E-state index is 12.6. The van der Waals surface area contributed by atoms with Crippen molar-refractivity contribution in [1.29, 1.82) is 0 Å². The summed E-state index contributed by atoms with van der Waals surface area (Å²) < 4.78 is 32.8. The van der Waals surface area contributed by atoms with Gasteiger partial charge in [0.15, 0.2) is 4.90 Å². The molecule has 1 atom stereocenters. The molecule has 0 saturated heterocycles. The summed E-state index contributed by atoms with van der Waals surface area (Å²) in [6, 6.07) is 11.8. The Balaban J connectivity index is 2.34.